The fraction of sp³-hybridized carbons (Fsp3) is 0.217. The van der Waals surface area contributed by atoms with E-state index in [1.54, 1.807) is 13.3 Å². The van der Waals surface area contributed by atoms with Crippen LogP contribution in [0.4, 0.5) is 5.82 Å². The van der Waals surface area contributed by atoms with Gasteiger partial charge in [0.25, 0.3) is 0 Å². The minimum absolute atomic E-state index is 0.101. The Kier molecular flexibility index (Phi) is 4.30. The molecule has 5 nitrogen and oxygen atoms in total. The Labute approximate surface area is 164 Å². The van der Waals surface area contributed by atoms with Crippen molar-refractivity contribution in [2.24, 2.45) is 0 Å². The van der Waals surface area contributed by atoms with Crippen LogP contribution in [-0.4, -0.2) is 22.1 Å². The van der Waals surface area contributed by atoms with Crippen LogP contribution < -0.4 is 10.5 Å². The average Bonchev–Trinajstić information content (AvgIpc) is 3.13. The van der Waals surface area contributed by atoms with Crippen LogP contribution >= 0.6 is 0 Å². The molecule has 0 saturated heterocycles. The van der Waals surface area contributed by atoms with Gasteiger partial charge in [0.15, 0.2) is 0 Å². The molecule has 4 aromatic rings. The van der Waals surface area contributed by atoms with Crippen molar-refractivity contribution in [2.45, 2.75) is 26.2 Å². The molecule has 0 aliphatic carbocycles. The lowest BCUT2D eigenvalue weighted by atomic mass is 9.96. The minimum Gasteiger partial charge on any atom is -0.497 e. The van der Waals surface area contributed by atoms with Gasteiger partial charge >= 0.3 is 0 Å². The molecular formula is C23H24N4O. The number of nitrogens with two attached hydrogens (primary N) is 1. The molecule has 0 spiro atoms. The number of ether oxygens (including phenoxy) is 1. The number of anilines is 1. The van der Waals surface area contributed by atoms with E-state index in [1.807, 2.05) is 24.3 Å². The van der Waals surface area contributed by atoms with Gasteiger partial charge in [0.1, 0.15) is 17.4 Å². The molecule has 4 rings (SSSR count). The summed E-state index contributed by atoms with van der Waals surface area (Å²) >= 11 is 0. The number of pyridine rings is 1. The summed E-state index contributed by atoms with van der Waals surface area (Å²) in [6.45, 7) is 6.44. The van der Waals surface area contributed by atoms with Gasteiger partial charge in [-0.25, -0.2) is 9.97 Å². The van der Waals surface area contributed by atoms with Gasteiger partial charge < -0.3 is 15.5 Å². The fourth-order valence-electron chi connectivity index (χ4n) is 3.25. The van der Waals surface area contributed by atoms with Crippen molar-refractivity contribution in [1.29, 1.82) is 0 Å². The summed E-state index contributed by atoms with van der Waals surface area (Å²) in [5.74, 6) is 2.27. The SMILES string of the molecule is COc1ccc2cc(-c3nc(C(C)(C)C)[nH]c3-c3ccnc(N)c3)ccc2c1. The van der Waals surface area contributed by atoms with Gasteiger partial charge in [-0.3, -0.25) is 0 Å². The van der Waals surface area contributed by atoms with Crippen LogP contribution in [0.1, 0.15) is 26.6 Å². The molecule has 2 aromatic heterocycles. The monoisotopic (exact) mass is 372 g/mol. The zero-order valence-electron chi connectivity index (χ0n) is 16.6. The Morgan fingerprint density at radius 2 is 1.68 bits per heavy atom. The second-order valence-electron chi connectivity index (χ2n) is 7.96. The van der Waals surface area contributed by atoms with Crippen LogP contribution in [0.25, 0.3) is 33.3 Å². The number of benzene rings is 2. The van der Waals surface area contributed by atoms with Crippen molar-refractivity contribution in [3.63, 3.8) is 0 Å². The highest BCUT2D eigenvalue weighted by Gasteiger charge is 2.22. The third kappa shape index (κ3) is 3.31. The van der Waals surface area contributed by atoms with Crippen LogP contribution in [0.2, 0.25) is 0 Å². The first-order valence-electron chi connectivity index (χ1n) is 9.26. The number of hydrogen-bond donors (Lipinski definition) is 2. The number of nitrogen functional groups attached to an aromatic ring is 1. The van der Waals surface area contributed by atoms with Crippen LogP contribution in [0.15, 0.2) is 54.7 Å². The first kappa shape index (κ1) is 18.0. The van der Waals surface area contributed by atoms with Crippen molar-refractivity contribution in [1.82, 2.24) is 15.0 Å². The molecule has 5 heteroatoms. The summed E-state index contributed by atoms with van der Waals surface area (Å²) in [6.07, 6.45) is 1.72. The first-order valence-corrected chi connectivity index (χ1v) is 9.26. The molecule has 2 heterocycles. The second kappa shape index (κ2) is 6.68. The Morgan fingerprint density at radius 3 is 2.39 bits per heavy atom. The van der Waals surface area contributed by atoms with Gasteiger partial charge in [-0.05, 0) is 41.1 Å². The van der Waals surface area contributed by atoms with Crippen LogP contribution in [0.3, 0.4) is 0 Å². The highest BCUT2D eigenvalue weighted by atomic mass is 16.5. The number of rotatable bonds is 3. The maximum Gasteiger partial charge on any atom is 0.123 e. The van der Waals surface area contributed by atoms with Gasteiger partial charge in [-0.15, -0.1) is 0 Å². The molecule has 0 aliphatic heterocycles. The zero-order chi connectivity index (χ0) is 19.9. The topological polar surface area (TPSA) is 76.8 Å². The largest absolute Gasteiger partial charge is 0.497 e. The third-order valence-corrected chi connectivity index (χ3v) is 4.80. The number of fused-ring (bicyclic) bond motifs is 1. The zero-order valence-corrected chi connectivity index (χ0v) is 16.6. The van der Waals surface area contributed by atoms with Gasteiger partial charge in [-0.1, -0.05) is 39.0 Å². The number of aromatic amines is 1. The van der Waals surface area contributed by atoms with Gasteiger partial charge in [-0.2, -0.15) is 0 Å². The Hall–Kier alpha value is -3.34. The number of hydrogen-bond acceptors (Lipinski definition) is 4. The summed E-state index contributed by atoms with van der Waals surface area (Å²) in [7, 11) is 1.68. The van der Waals surface area contributed by atoms with E-state index < -0.39 is 0 Å². The number of H-pyrrole nitrogens is 1. The molecule has 3 N–H and O–H groups in total. The van der Waals surface area contributed by atoms with E-state index in [1.165, 1.54) is 0 Å². The van der Waals surface area contributed by atoms with Gasteiger partial charge in [0.05, 0.1) is 18.5 Å². The van der Waals surface area contributed by atoms with Crippen LogP contribution in [0.5, 0.6) is 5.75 Å². The minimum atomic E-state index is -0.101. The molecule has 0 aliphatic rings. The third-order valence-electron chi connectivity index (χ3n) is 4.80. The molecule has 0 fully saturated rings. The van der Waals surface area contributed by atoms with E-state index in [2.05, 4.69) is 55.0 Å². The Bertz CT molecular complexity index is 1150. The molecular weight excluding hydrogens is 348 g/mol. The molecule has 0 saturated carbocycles. The number of nitrogens with one attached hydrogen (secondary N) is 1. The normalized spacial score (nSPS) is 11.7. The van der Waals surface area contributed by atoms with E-state index in [9.17, 15) is 0 Å². The maximum atomic E-state index is 5.92. The van der Waals surface area contributed by atoms with E-state index in [4.69, 9.17) is 15.5 Å². The molecule has 0 atom stereocenters. The maximum absolute atomic E-state index is 5.92. The number of aromatic nitrogens is 3. The smallest absolute Gasteiger partial charge is 0.123 e. The lowest BCUT2D eigenvalue weighted by Gasteiger charge is -2.14. The van der Waals surface area contributed by atoms with Crippen molar-refractivity contribution in [3.05, 3.63) is 60.6 Å². The highest BCUT2D eigenvalue weighted by Crippen LogP contribution is 2.35. The van der Waals surface area contributed by atoms with Crippen molar-refractivity contribution < 1.29 is 4.74 Å². The van der Waals surface area contributed by atoms with Crippen LogP contribution in [0, 0.1) is 0 Å². The summed E-state index contributed by atoms with van der Waals surface area (Å²) in [5.41, 5.74) is 9.70. The van der Waals surface area contributed by atoms with Gasteiger partial charge in [0.2, 0.25) is 0 Å². The van der Waals surface area contributed by atoms with Crippen molar-refractivity contribution in [2.75, 3.05) is 12.8 Å². The molecule has 2 aromatic carbocycles. The lowest BCUT2D eigenvalue weighted by Crippen LogP contribution is -2.13. The molecule has 0 amide bonds. The summed E-state index contributed by atoms with van der Waals surface area (Å²) in [6, 6.07) is 16.3. The quantitative estimate of drug-likeness (QED) is 0.519. The molecule has 28 heavy (non-hydrogen) atoms. The Morgan fingerprint density at radius 1 is 0.929 bits per heavy atom. The van der Waals surface area contributed by atoms with Crippen molar-refractivity contribution in [3.8, 4) is 28.3 Å². The predicted molar refractivity (Wildman–Crippen MR) is 114 cm³/mol. The van der Waals surface area contributed by atoms with Crippen LogP contribution in [-0.2, 0) is 5.41 Å². The van der Waals surface area contributed by atoms with Gasteiger partial charge in [0, 0.05) is 22.7 Å². The predicted octanol–water partition coefficient (Wildman–Crippen LogP) is 5.18. The number of nitrogens with zero attached hydrogens (tertiary/aromatic N) is 2. The summed E-state index contributed by atoms with van der Waals surface area (Å²) in [5, 5.41) is 2.27. The van der Waals surface area contributed by atoms with Crippen molar-refractivity contribution >= 4 is 16.6 Å². The molecule has 0 unspecified atom stereocenters. The highest BCUT2D eigenvalue weighted by molar-refractivity contribution is 5.90. The van der Waals surface area contributed by atoms with E-state index in [0.29, 0.717) is 5.82 Å². The van der Waals surface area contributed by atoms with E-state index in [0.717, 1.165) is 44.9 Å². The molecule has 0 radical (unpaired) electrons. The second-order valence-corrected chi connectivity index (χ2v) is 7.96. The molecule has 142 valence electrons. The summed E-state index contributed by atoms with van der Waals surface area (Å²) in [4.78, 5) is 12.6. The molecule has 0 bridgehead atoms. The number of imidazole rings is 1. The lowest BCUT2D eigenvalue weighted by molar-refractivity contribution is 0.415. The summed E-state index contributed by atoms with van der Waals surface area (Å²) < 4.78 is 5.33. The van der Waals surface area contributed by atoms with E-state index >= 15 is 0 Å². The standard InChI is InChI=1S/C23H24N4O/c1-23(2,3)22-26-20(21(27-22)17-9-10-25-19(24)13-17)16-6-5-15-12-18(28-4)8-7-14(15)11-16/h5-13H,1-4H3,(H2,24,25)(H,26,27). The Balaban J connectivity index is 1.91. The average molecular weight is 372 g/mol. The van der Waals surface area contributed by atoms with E-state index in [-0.39, 0.29) is 5.41 Å². The fourth-order valence-corrected chi connectivity index (χ4v) is 3.25. The number of methoxy groups -OCH3 is 1. The first-order chi connectivity index (χ1) is 13.3.